The molecule has 2 aromatic carbocycles. The van der Waals surface area contributed by atoms with Gasteiger partial charge >= 0.3 is 0 Å². The number of aromatic nitrogens is 5. The van der Waals surface area contributed by atoms with E-state index >= 15 is 8.78 Å². The molecule has 1 amide bonds. The SMILES string of the molecule is CCOc1cc(F)c(Cn2nc(-c3ncc(OCCCC(=O)N4CCC(F)(F)CC4)c(Nc4cc(C)ncc4C)n3)c3ccccc32)c(F)c1. The fraction of sp³-hybridized carbons (Fsp3) is 0.361. The Morgan fingerprint density at radius 2 is 1.74 bits per heavy atom. The van der Waals surface area contributed by atoms with E-state index in [0.29, 0.717) is 34.6 Å². The van der Waals surface area contributed by atoms with E-state index in [4.69, 9.17) is 19.6 Å². The highest BCUT2D eigenvalue weighted by Crippen LogP contribution is 2.33. The molecule has 1 aliphatic rings. The number of hydrogen-bond donors (Lipinski definition) is 1. The molecular formula is C36H37F4N7O3. The fourth-order valence-electron chi connectivity index (χ4n) is 5.76. The number of fused-ring (bicyclic) bond motifs is 1. The largest absolute Gasteiger partial charge is 0.494 e. The van der Waals surface area contributed by atoms with E-state index in [-0.39, 0.29) is 75.2 Å². The molecule has 5 aromatic rings. The predicted octanol–water partition coefficient (Wildman–Crippen LogP) is 7.39. The number of aryl methyl sites for hydroxylation is 2. The monoisotopic (exact) mass is 691 g/mol. The van der Waals surface area contributed by atoms with Crippen LogP contribution in [0.1, 0.15) is 49.4 Å². The number of piperidine rings is 1. The van der Waals surface area contributed by atoms with Gasteiger partial charge in [0.1, 0.15) is 23.1 Å². The van der Waals surface area contributed by atoms with Crippen molar-refractivity contribution in [3.63, 3.8) is 0 Å². The molecule has 0 aliphatic carbocycles. The highest BCUT2D eigenvalue weighted by Gasteiger charge is 2.35. The number of carbonyl (C=O) groups is 1. The van der Waals surface area contributed by atoms with Gasteiger partial charge in [-0.15, -0.1) is 0 Å². The van der Waals surface area contributed by atoms with Crippen LogP contribution in [0.5, 0.6) is 11.5 Å². The zero-order chi connectivity index (χ0) is 35.4. The Kier molecular flexibility index (Phi) is 10.2. The minimum absolute atomic E-state index is 0.0370. The van der Waals surface area contributed by atoms with Crippen molar-refractivity contribution in [3.05, 3.63) is 83.3 Å². The topological polar surface area (TPSA) is 107 Å². The molecule has 1 fully saturated rings. The maximum Gasteiger partial charge on any atom is 0.251 e. The molecule has 4 heterocycles. The van der Waals surface area contributed by atoms with Gasteiger partial charge in [0.15, 0.2) is 17.4 Å². The van der Waals surface area contributed by atoms with E-state index in [1.54, 1.807) is 25.3 Å². The maximum atomic E-state index is 15.0. The number of para-hydroxylation sites is 1. The standard InChI is InChI=1S/C36H37F4N7O3/c1-4-49-24-17-27(37)26(28(38)18-24)21-47-30-9-6-5-8-25(30)33(45-47)35-42-20-31(34(44-35)43-29-16-23(3)41-19-22(29)2)50-15-7-10-32(48)46-13-11-36(39,40)12-14-46/h5-6,8-9,16-20H,4,7,10-15,21H2,1-3H3,(H,41,42,43,44). The van der Waals surface area contributed by atoms with Crippen LogP contribution in [0.25, 0.3) is 22.4 Å². The summed E-state index contributed by atoms with van der Waals surface area (Å²) in [6.45, 7) is 5.80. The van der Waals surface area contributed by atoms with Crippen LogP contribution in [0.3, 0.4) is 0 Å². The summed E-state index contributed by atoms with van der Waals surface area (Å²) in [4.78, 5) is 27.8. The first-order valence-corrected chi connectivity index (χ1v) is 16.4. The number of halogens is 4. The van der Waals surface area contributed by atoms with E-state index in [1.807, 2.05) is 32.0 Å². The normalized spacial score (nSPS) is 14.2. The van der Waals surface area contributed by atoms with Crippen LogP contribution < -0.4 is 14.8 Å². The second-order valence-corrected chi connectivity index (χ2v) is 12.2. The Morgan fingerprint density at radius 3 is 2.48 bits per heavy atom. The fourth-order valence-corrected chi connectivity index (χ4v) is 5.76. The number of anilines is 2. The van der Waals surface area contributed by atoms with Gasteiger partial charge in [-0.25, -0.2) is 27.5 Å². The second-order valence-electron chi connectivity index (χ2n) is 12.2. The van der Waals surface area contributed by atoms with Crippen LogP contribution in [0.4, 0.5) is 29.1 Å². The van der Waals surface area contributed by atoms with Gasteiger partial charge in [0.25, 0.3) is 5.92 Å². The third kappa shape index (κ3) is 7.79. The lowest BCUT2D eigenvalue weighted by atomic mass is 10.1. The molecule has 10 nitrogen and oxygen atoms in total. The van der Waals surface area contributed by atoms with Crippen LogP contribution in [-0.4, -0.2) is 67.8 Å². The number of likely N-dealkylation sites (tertiary alicyclic amines) is 1. The first kappa shape index (κ1) is 34.6. The molecular weight excluding hydrogens is 654 g/mol. The number of benzene rings is 2. The number of carbonyl (C=O) groups excluding carboxylic acids is 1. The molecule has 0 saturated carbocycles. The minimum Gasteiger partial charge on any atom is -0.494 e. The molecule has 0 spiro atoms. The number of nitrogens with one attached hydrogen (secondary N) is 1. The molecule has 0 atom stereocenters. The van der Waals surface area contributed by atoms with Crippen molar-refractivity contribution in [3.8, 4) is 23.0 Å². The Morgan fingerprint density at radius 1 is 1.00 bits per heavy atom. The zero-order valence-corrected chi connectivity index (χ0v) is 28.0. The Hall–Kier alpha value is -5.27. The summed E-state index contributed by atoms with van der Waals surface area (Å²) in [5.74, 6) is -3.43. The van der Waals surface area contributed by atoms with Crippen molar-refractivity contribution in [1.82, 2.24) is 29.6 Å². The molecule has 262 valence electrons. The molecule has 6 rings (SSSR count). The van der Waals surface area contributed by atoms with Crippen molar-refractivity contribution < 1.29 is 31.8 Å². The lowest BCUT2D eigenvalue weighted by molar-refractivity contribution is -0.137. The lowest BCUT2D eigenvalue weighted by Crippen LogP contribution is -2.42. The predicted molar refractivity (Wildman–Crippen MR) is 180 cm³/mol. The number of pyridine rings is 1. The molecule has 50 heavy (non-hydrogen) atoms. The summed E-state index contributed by atoms with van der Waals surface area (Å²) in [5, 5.41) is 8.70. The van der Waals surface area contributed by atoms with E-state index in [2.05, 4.69) is 15.3 Å². The highest BCUT2D eigenvalue weighted by atomic mass is 19.3. The quantitative estimate of drug-likeness (QED) is 0.107. The van der Waals surface area contributed by atoms with Gasteiger partial charge in [-0.2, -0.15) is 5.10 Å². The lowest BCUT2D eigenvalue weighted by Gasteiger charge is -2.31. The van der Waals surface area contributed by atoms with Gasteiger partial charge in [-0.3, -0.25) is 14.5 Å². The molecule has 0 unspecified atom stereocenters. The molecule has 3 aromatic heterocycles. The van der Waals surface area contributed by atoms with E-state index in [0.717, 1.165) is 29.1 Å². The van der Waals surface area contributed by atoms with Crippen LogP contribution in [0, 0.1) is 25.5 Å². The van der Waals surface area contributed by atoms with Gasteiger partial charge in [-0.05, 0) is 44.9 Å². The van der Waals surface area contributed by atoms with Gasteiger partial charge in [0.05, 0.1) is 31.5 Å². The van der Waals surface area contributed by atoms with Gasteiger partial charge in [0, 0.05) is 73.0 Å². The summed E-state index contributed by atoms with van der Waals surface area (Å²) in [7, 11) is 0. The Labute approximate surface area is 286 Å². The van der Waals surface area contributed by atoms with E-state index < -0.39 is 17.6 Å². The zero-order valence-electron chi connectivity index (χ0n) is 28.0. The summed E-state index contributed by atoms with van der Waals surface area (Å²) < 4.78 is 70.0. The second kappa shape index (κ2) is 14.7. The summed E-state index contributed by atoms with van der Waals surface area (Å²) >= 11 is 0. The number of ether oxygens (including phenoxy) is 2. The Bertz CT molecular complexity index is 1990. The Balaban J connectivity index is 1.27. The van der Waals surface area contributed by atoms with Crippen molar-refractivity contribution in [2.45, 2.75) is 58.9 Å². The molecule has 1 saturated heterocycles. The molecule has 1 N–H and O–H groups in total. The third-order valence-corrected chi connectivity index (χ3v) is 8.49. The van der Waals surface area contributed by atoms with E-state index in [9.17, 15) is 13.6 Å². The maximum absolute atomic E-state index is 15.0. The number of nitrogens with zero attached hydrogens (tertiary/aromatic N) is 6. The number of alkyl halides is 2. The summed E-state index contributed by atoms with van der Waals surface area (Å²) in [6.07, 6.45) is 3.08. The summed E-state index contributed by atoms with van der Waals surface area (Å²) in [5.41, 5.74) is 3.22. The van der Waals surface area contributed by atoms with Crippen LogP contribution >= 0.6 is 0 Å². The molecule has 1 aliphatic heterocycles. The average Bonchev–Trinajstić information content (AvgIpc) is 3.45. The van der Waals surface area contributed by atoms with Crippen LogP contribution in [0.15, 0.2) is 54.9 Å². The van der Waals surface area contributed by atoms with Crippen molar-refractivity contribution >= 4 is 28.3 Å². The minimum atomic E-state index is -2.72. The summed E-state index contributed by atoms with van der Waals surface area (Å²) in [6, 6.07) is 11.4. The molecule has 14 heteroatoms. The van der Waals surface area contributed by atoms with Crippen LogP contribution in [0.2, 0.25) is 0 Å². The van der Waals surface area contributed by atoms with Crippen molar-refractivity contribution in [2.75, 3.05) is 31.6 Å². The smallest absolute Gasteiger partial charge is 0.251 e. The highest BCUT2D eigenvalue weighted by molar-refractivity contribution is 5.92. The number of rotatable bonds is 12. The van der Waals surface area contributed by atoms with Crippen LogP contribution in [-0.2, 0) is 11.3 Å². The number of amides is 1. The molecule has 0 radical (unpaired) electrons. The van der Waals surface area contributed by atoms with E-state index in [1.165, 1.54) is 15.8 Å². The third-order valence-electron chi connectivity index (χ3n) is 8.49. The van der Waals surface area contributed by atoms with Gasteiger partial charge in [0.2, 0.25) is 5.91 Å². The van der Waals surface area contributed by atoms with Gasteiger partial charge < -0.3 is 19.7 Å². The number of hydrogen-bond acceptors (Lipinski definition) is 8. The van der Waals surface area contributed by atoms with Crippen molar-refractivity contribution in [2.24, 2.45) is 0 Å². The average molecular weight is 692 g/mol. The van der Waals surface area contributed by atoms with Gasteiger partial charge in [-0.1, -0.05) is 18.2 Å². The molecule has 0 bridgehead atoms. The first-order chi connectivity index (χ1) is 24.0. The van der Waals surface area contributed by atoms with Crippen molar-refractivity contribution in [1.29, 1.82) is 0 Å². The first-order valence-electron chi connectivity index (χ1n) is 16.4.